The van der Waals surface area contributed by atoms with E-state index in [0.29, 0.717) is 11.6 Å². The number of carbonyl (C=O) groups is 2. The van der Waals surface area contributed by atoms with Gasteiger partial charge < -0.3 is 15.0 Å². The first kappa shape index (κ1) is 14.1. The van der Waals surface area contributed by atoms with Crippen LogP contribution in [0.5, 0.6) is 5.75 Å². The molecule has 1 aromatic heterocycles. The van der Waals surface area contributed by atoms with Gasteiger partial charge in [-0.15, -0.1) is 0 Å². The maximum absolute atomic E-state index is 12.2. The molecule has 22 heavy (non-hydrogen) atoms. The minimum absolute atomic E-state index is 0.0473. The Bertz CT molecular complexity index is 730. The van der Waals surface area contributed by atoms with Gasteiger partial charge in [-0.2, -0.15) is 0 Å². The van der Waals surface area contributed by atoms with E-state index in [0.717, 1.165) is 11.3 Å². The number of anilines is 2. The molecule has 0 bridgehead atoms. The average Bonchev–Trinajstić information content (AvgIpc) is 2.49. The van der Waals surface area contributed by atoms with E-state index in [9.17, 15) is 9.59 Å². The van der Waals surface area contributed by atoms with Crippen LogP contribution in [0.4, 0.5) is 11.5 Å². The quantitative estimate of drug-likeness (QED) is 0.690. The Hall–Kier alpha value is -2.89. The van der Waals surface area contributed by atoms with Crippen LogP contribution in [-0.4, -0.2) is 29.9 Å². The molecule has 2 aromatic rings. The van der Waals surface area contributed by atoms with Crippen LogP contribution in [0.2, 0.25) is 0 Å². The van der Waals surface area contributed by atoms with Crippen molar-refractivity contribution >= 4 is 23.4 Å². The lowest BCUT2D eigenvalue weighted by Crippen LogP contribution is -2.41. The minimum Gasteiger partial charge on any atom is -0.423 e. The fourth-order valence-corrected chi connectivity index (χ4v) is 2.30. The van der Waals surface area contributed by atoms with Gasteiger partial charge in [0.2, 0.25) is 5.91 Å². The molecule has 0 radical (unpaired) electrons. The number of rotatable bonds is 3. The van der Waals surface area contributed by atoms with Gasteiger partial charge in [-0.05, 0) is 30.7 Å². The van der Waals surface area contributed by atoms with Crippen molar-refractivity contribution in [3.05, 3.63) is 48.2 Å². The highest BCUT2D eigenvalue weighted by Gasteiger charge is 2.25. The van der Waals surface area contributed by atoms with E-state index in [2.05, 4.69) is 10.3 Å². The summed E-state index contributed by atoms with van der Waals surface area (Å²) in [6.45, 7) is 1.98. The van der Waals surface area contributed by atoms with Crippen LogP contribution in [0, 0.1) is 6.92 Å². The Morgan fingerprint density at radius 2 is 2.14 bits per heavy atom. The summed E-state index contributed by atoms with van der Waals surface area (Å²) in [5.41, 5.74) is 1.62. The molecule has 2 heterocycles. The van der Waals surface area contributed by atoms with Crippen molar-refractivity contribution in [1.82, 2.24) is 4.98 Å². The number of hydrogen-bond acceptors (Lipinski definition) is 5. The second kappa shape index (κ2) is 5.85. The average molecular weight is 297 g/mol. The van der Waals surface area contributed by atoms with Crippen LogP contribution >= 0.6 is 0 Å². The molecule has 3 rings (SSSR count). The van der Waals surface area contributed by atoms with E-state index in [1.54, 1.807) is 23.2 Å². The van der Waals surface area contributed by atoms with Gasteiger partial charge in [-0.25, -0.2) is 9.78 Å². The smallest absolute Gasteiger partial charge is 0.331 e. The second-order valence-corrected chi connectivity index (χ2v) is 5.01. The molecule has 1 aliphatic heterocycles. The summed E-state index contributed by atoms with van der Waals surface area (Å²) < 4.78 is 5.16. The highest BCUT2D eigenvalue weighted by atomic mass is 16.5. The number of aryl methyl sites for hydroxylation is 1. The zero-order valence-electron chi connectivity index (χ0n) is 12.1. The van der Waals surface area contributed by atoms with Gasteiger partial charge >= 0.3 is 5.97 Å². The molecule has 0 saturated carbocycles. The molecule has 112 valence electrons. The van der Waals surface area contributed by atoms with Crippen LogP contribution in [0.25, 0.3) is 0 Å². The van der Waals surface area contributed by atoms with Crippen molar-refractivity contribution in [3.63, 3.8) is 0 Å². The SMILES string of the molecule is Cc1cccnc1NC(=O)CN1CC(=O)Oc2ccccc21. The van der Waals surface area contributed by atoms with E-state index < -0.39 is 0 Å². The van der Waals surface area contributed by atoms with Gasteiger partial charge in [-0.3, -0.25) is 4.79 Å². The third-order valence-corrected chi connectivity index (χ3v) is 3.35. The number of fused-ring (bicyclic) bond motifs is 1. The fraction of sp³-hybridized carbons (Fsp3) is 0.188. The Labute approximate surface area is 127 Å². The van der Waals surface area contributed by atoms with Crippen molar-refractivity contribution in [2.45, 2.75) is 6.92 Å². The molecule has 6 heteroatoms. The highest BCUT2D eigenvalue weighted by molar-refractivity contribution is 5.96. The summed E-state index contributed by atoms with van der Waals surface area (Å²) >= 11 is 0. The van der Waals surface area contributed by atoms with Crippen molar-refractivity contribution in [2.24, 2.45) is 0 Å². The molecule has 1 N–H and O–H groups in total. The maximum Gasteiger partial charge on any atom is 0.331 e. The lowest BCUT2D eigenvalue weighted by atomic mass is 10.2. The van der Waals surface area contributed by atoms with Gasteiger partial charge in [0.25, 0.3) is 0 Å². The van der Waals surface area contributed by atoms with Crippen LogP contribution in [-0.2, 0) is 9.59 Å². The van der Waals surface area contributed by atoms with E-state index >= 15 is 0 Å². The predicted octanol–water partition coefficient (Wildman–Crippen LogP) is 1.75. The minimum atomic E-state index is -0.375. The van der Waals surface area contributed by atoms with E-state index in [1.165, 1.54) is 0 Å². The zero-order valence-corrected chi connectivity index (χ0v) is 12.1. The van der Waals surface area contributed by atoms with Crippen LogP contribution in [0.15, 0.2) is 42.6 Å². The van der Waals surface area contributed by atoms with E-state index in [4.69, 9.17) is 4.74 Å². The number of hydrogen-bond donors (Lipinski definition) is 1. The second-order valence-electron chi connectivity index (χ2n) is 5.01. The summed E-state index contributed by atoms with van der Waals surface area (Å²) in [5, 5.41) is 2.76. The Balaban J connectivity index is 1.75. The number of ether oxygens (including phenoxy) is 1. The maximum atomic E-state index is 12.2. The number of amides is 1. The summed E-state index contributed by atoms with van der Waals surface area (Å²) in [6, 6.07) is 10.8. The monoisotopic (exact) mass is 297 g/mol. The Morgan fingerprint density at radius 1 is 1.32 bits per heavy atom. The first-order valence-corrected chi connectivity index (χ1v) is 6.89. The third kappa shape index (κ3) is 2.90. The van der Waals surface area contributed by atoms with Crippen molar-refractivity contribution in [3.8, 4) is 5.75 Å². The zero-order chi connectivity index (χ0) is 15.5. The number of para-hydroxylation sites is 2. The van der Waals surface area contributed by atoms with E-state index in [-0.39, 0.29) is 25.0 Å². The molecule has 0 fully saturated rings. The highest BCUT2D eigenvalue weighted by Crippen LogP contribution is 2.31. The summed E-state index contributed by atoms with van der Waals surface area (Å²) in [5.74, 6) is 0.396. The number of esters is 1. The Kier molecular flexibility index (Phi) is 3.74. The predicted molar refractivity (Wildman–Crippen MR) is 81.9 cm³/mol. The normalized spacial score (nSPS) is 13.3. The van der Waals surface area contributed by atoms with Crippen LogP contribution in [0.3, 0.4) is 0 Å². The number of carbonyl (C=O) groups excluding carboxylic acids is 2. The number of benzene rings is 1. The van der Waals surface area contributed by atoms with Gasteiger partial charge in [0.15, 0.2) is 5.75 Å². The summed E-state index contributed by atoms with van der Waals surface area (Å²) in [7, 11) is 0. The van der Waals surface area contributed by atoms with Crippen molar-refractivity contribution in [1.29, 1.82) is 0 Å². The largest absolute Gasteiger partial charge is 0.423 e. The van der Waals surface area contributed by atoms with Gasteiger partial charge in [0.05, 0.1) is 12.2 Å². The van der Waals surface area contributed by atoms with Crippen molar-refractivity contribution < 1.29 is 14.3 Å². The number of aromatic nitrogens is 1. The molecule has 1 aliphatic rings. The molecule has 0 atom stereocenters. The van der Waals surface area contributed by atoms with Gasteiger partial charge in [0, 0.05) is 6.20 Å². The number of pyridine rings is 1. The molecule has 1 amide bonds. The molecule has 0 aliphatic carbocycles. The topological polar surface area (TPSA) is 71.5 Å². The fourth-order valence-electron chi connectivity index (χ4n) is 2.30. The summed E-state index contributed by atoms with van der Waals surface area (Å²) in [6.07, 6.45) is 1.62. The first-order chi connectivity index (χ1) is 10.6. The molecular weight excluding hydrogens is 282 g/mol. The van der Waals surface area contributed by atoms with E-state index in [1.807, 2.05) is 31.2 Å². The standard InChI is InChI=1S/C16H15N3O3/c1-11-5-4-8-17-16(11)18-14(20)9-19-10-15(21)22-13-7-3-2-6-12(13)19/h2-8H,9-10H2,1H3,(H,17,18,20). The molecule has 6 nitrogen and oxygen atoms in total. The van der Waals surface area contributed by atoms with Crippen molar-refractivity contribution in [2.75, 3.05) is 23.3 Å². The Morgan fingerprint density at radius 3 is 2.95 bits per heavy atom. The van der Waals surface area contributed by atoms with Gasteiger partial charge in [-0.1, -0.05) is 18.2 Å². The summed E-state index contributed by atoms with van der Waals surface area (Å²) in [4.78, 5) is 29.6. The third-order valence-electron chi connectivity index (χ3n) is 3.35. The van der Waals surface area contributed by atoms with Crippen LogP contribution in [0.1, 0.15) is 5.56 Å². The molecule has 0 unspecified atom stereocenters. The number of nitrogens with one attached hydrogen (secondary N) is 1. The molecule has 0 saturated heterocycles. The van der Waals surface area contributed by atoms with Crippen LogP contribution < -0.4 is 15.0 Å². The first-order valence-electron chi connectivity index (χ1n) is 6.89. The molecule has 1 aromatic carbocycles. The lowest BCUT2D eigenvalue weighted by molar-refractivity contribution is -0.133. The number of nitrogens with zero attached hydrogens (tertiary/aromatic N) is 2. The lowest BCUT2D eigenvalue weighted by Gasteiger charge is -2.29. The molecular formula is C16H15N3O3. The van der Waals surface area contributed by atoms with Gasteiger partial charge in [0.1, 0.15) is 12.4 Å². The molecule has 0 spiro atoms.